The van der Waals surface area contributed by atoms with Crippen molar-refractivity contribution in [3.63, 3.8) is 0 Å². The van der Waals surface area contributed by atoms with Crippen molar-refractivity contribution in [2.24, 2.45) is 0 Å². The summed E-state index contributed by atoms with van der Waals surface area (Å²) in [6, 6.07) is -0.0715. The van der Waals surface area contributed by atoms with Gasteiger partial charge in [-0.25, -0.2) is 0 Å². The largest absolute Gasteiger partial charge is 0.394 e. The maximum absolute atomic E-state index is 12.0. The highest BCUT2D eigenvalue weighted by atomic mass is 16.3. The summed E-state index contributed by atoms with van der Waals surface area (Å²) in [6.07, 6.45) is 4.68. The molecule has 3 N–H and O–H groups in total. The number of carbonyl (C=O) groups excluding carboxylic acids is 1. The van der Waals surface area contributed by atoms with E-state index in [-0.39, 0.29) is 18.6 Å². The van der Waals surface area contributed by atoms with E-state index in [2.05, 4.69) is 10.6 Å². The Balaban J connectivity index is 2.53. The van der Waals surface area contributed by atoms with E-state index in [4.69, 9.17) is 0 Å². The number of nitrogens with one attached hydrogen (secondary N) is 2. The second-order valence-electron chi connectivity index (χ2n) is 4.64. The number of aliphatic hydroxyl groups excluding tert-OH is 1. The summed E-state index contributed by atoms with van der Waals surface area (Å²) < 4.78 is 0. The first kappa shape index (κ1) is 13.5. The Morgan fingerprint density at radius 1 is 1.44 bits per heavy atom. The Labute approximate surface area is 97.8 Å². The molecule has 1 aliphatic heterocycles. The molecule has 16 heavy (non-hydrogen) atoms. The van der Waals surface area contributed by atoms with Crippen LogP contribution in [0.3, 0.4) is 0 Å². The molecule has 4 heteroatoms. The lowest BCUT2D eigenvalue weighted by Crippen LogP contribution is -2.56. The van der Waals surface area contributed by atoms with Gasteiger partial charge in [0.1, 0.15) is 0 Å². The SMILES string of the molecule is CCC(CC)(CO)NC(=O)C1CCCCN1. The summed E-state index contributed by atoms with van der Waals surface area (Å²) in [5.41, 5.74) is -0.434. The van der Waals surface area contributed by atoms with Crippen molar-refractivity contribution in [1.29, 1.82) is 0 Å². The zero-order valence-corrected chi connectivity index (χ0v) is 10.4. The van der Waals surface area contributed by atoms with Gasteiger partial charge in [-0.3, -0.25) is 4.79 Å². The number of rotatable bonds is 5. The second-order valence-corrected chi connectivity index (χ2v) is 4.64. The molecule has 94 valence electrons. The van der Waals surface area contributed by atoms with Gasteiger partial charge >= 0.3 is 0 Å². The van der Waals surface area contributed by atoms with Crippen LogP contribution in [0.1, 0.15) is 46.0 Å². The fraction of sp³-hybridized carbons (Fsp3) is 0.917. The fourth-order valence-corrected chi connectivity index (χ4v) is 2.11. The smallest absolute Gasteiger partial charge is 0.237 e. The Hall–Kier alpha value is -0.610. The minimum atomic E-state index is -0.434. The zero-order valence-electron chi connectivity index (χ0n) is 10.4. The van der Waals surface area contributed by atoms with Crippen LogP contribution in [0.2, 0.25) is 0 Å². The molecule has 1 heterocycles. The first-order valence-corrected chi connectivity index (χ1v) is 6.33. The summed E-state index contributed by atoms with van der Waals surface area (Å²) in [4.78, 5) is 12.0. The maximum Gasteiger partial charge on any atom is 0.237 e. The number of aliphatic hydroxyl groups is 1. The zero-order chi connectivity index (χ0) is 12.0. The lowest BCUT2D eigenvalue weighted by Gasteiger charge is -2.33. The van der Waals surface area contributed by atoms with Crippen molar-refractivity contribution in [1.82, 2.24) is 10.6 Å². The summed E-state index contributed by atoms with van der Waals surface area (Å²) in [6.45, 7) is 4.92. The van der Waals surface area contributed by atoms with Crippen LogP contribution in [0.5, 0.6) is 0 Å². The van der Waals surface area contributed by atoms with Crippen molar-refractivity contribution >= 4 is 5.91 Å². The molecule has 0 aromatic rings. The van der Waals surface area contributed by atoms with E-state index >= 15 is 0 Å². The molecule has 0 bridgehead atoms. The van der Waals surface area contributed by atoms with Crippen LogP contribution in [0.4, 0.5) is 0 Å². The van der Waals surface area contributed by atoms with Gasteiger partial charge in [-0.1, -0.05) is 20.3 Å². The Kier molecular flexibility index (Phi) is 5.22. The van der Waals surface area contributed by atoms with Crippen LogP contribution >= 0.6 is 0 Å². The van der Waals surface area contributed by atoms with E-state index in [1.807, 2.05) is 13.8 Å². The predicted molar refractivity (Wildman–Crippen MR) is 64.2 cm³/mol. The van der Waals surface area contributed by atoms with Gasteiger partial charge in [0, 0.05) is 0 Å². The van der Waals surface area contributed by atoms with Gasteiger partial charge in [0.05, 0.1) is 18.2 Å². The van der Waals surface area contributed by atoms with Gasteiger partial charge in [0.15, 0.2) is 0 Å². The second kappa shape index (κ2) is 6.21. The van der Waals surface area contributed by atoms with Crippen LogP contribution in [-0.4, -0.2) is 35.7 Å². The Morgan fingerprint density at radius 2 is 2.12 bits per heavy atom. The van der Waals surface area contributed by atoms with Gasteiger partial charge in [0.25, 0.3) is 0 Å². The molecular formula is C12H24N2O2. The highest BCUT2D eigenvalue weighted by molar-refractivity contribution is 5.82. The molecule has 4 nitrogen and oxygen atoms in total. The molecule has 0 spiro atoms. The average Bonchev–Trinajstić information content (AvgIpc) is 2.37. The van der Waals surface area contributed by atoms with Crippen LogP contribution in [0.25, 0.3) is 0 Å². The molecule has 0 aromatic carbocycles. The van der Waals surface area contributed by atoms with Crippen LogP contribution in [0, 0.1) is 0 Å². The maximum atomic E-state index is 12.0. The van der Waals surface area contributed by atoms with Gasteiger partial charge in [-0.2, -0.15) is 0 Å². The van der Waals surface area contributed by atoms with E-state index in [0.717, 1.165) is 38.6 Å². The molecule has 1 rings (SSSR count). The molecule has 1 aliphatic rings. The van der Waals surface area contributed by atoms with Gasteiger partial charge in [0.2, 0.25) is 5.91 Å². The van der Waals surface area contributed by atoms with Crippen molar-refractivity contribution in [2.45, 2.75) is 57.5 Å². The first-order valence-electron chi connectivity index (χ1n) is 6.33. The quantitative estimate of drug-likeness (QED) is 0.652. The first-order chi connectivity index (χ1) is 7.67. The number of piperidine rings is 1. The summed E-state index contributed by atoms with van der Waals surface area (Å²) in [7, 11) is 0. The standard InChI is InChI=1S/C12H24N2O2/c1-3-12(4-2,9-15)14-11(16)10-7-5-6-8-13-10/h10,13,15H,3-9H2,1-2H3,(H,14,16). The predicted octanol–water partition coefficient (Wildman–Crippen LogP) is 0.796. The molecule has 1 saturated heterocycles. The Morgan fingerprint density at radius 3 is 2.56 bits per heavy atom. The summed E-state index contributed by atoms with van der Waals surface area (Å²) in [5, 5.41) is 15.6. The third-order valence-electron chi connectivity index (χ3n) is 3.67. The molecule has 1 fully saturated rings. The lowest BCUT2D eigenvalue weighted by molar-refractivity contribution is -0.126. The number of hydrogen-bond acceptors (Lipinski definition) is 3. The summed E-state index contributed by atoms with van der Waals surface area (Å²) in [5.74, 6) is 0.0393. The van der Waals surface area contributed by atoms with Crippen molar-refractivity contribution in [3.05, 3.63) is 0 Å². The minimum absolute atomic E-state index is 0.0124. The minimum Gasteiger partial charge on any atom is -0.394 e. The highest BCUT2D eigenvalue weighted by Crippen LogP contribution is 2.15. The number of hydrogen-bond donors (Lipinski definition) is 3. The molecule has 0 saturated carbocycles. The van der Waals surface area contributed by atoms with Crippen LogP contribution in [0.15, 0.2) is 0 Å². The Bertz CT molecular complexity index is 213. The monoisotopic (exact) mass is 228 g/mol. The normalized spacial score (nSPS) is 21.8. The molecule has 1 atom stereocenters. The third-order valence-corrected chi connectivity index (χ3v) is 3.67. The van der Waals surface area contributed by atoms with E-state index in [1.54, 1.807) is 0 Å². The van der Waals surface area contributed by atoms with Crippen molar-refractivity contribution < 1.29 is 9.90 Å². The topological polar surface area (TPSA) is 61.4 Å². The van der Waals surface area contributed by atoms with Gasteiger partial charge < -0.3 is 15.7 Å². The third kappa shape index (κ3) is 3.19. The van der Waals surface area contributed by atoms with Crippen LogP contribution in [-0.2, 0) is 4.79 Å². The molecule has 0 aliphatic carbocycles. The van der Waals surface area contributed by atoms with E-state index in [0.29, 0.717) is 0 Å². The van der Waals surface area contributed by atoms with Gasteiger partial charge in [-0.15, -0.1) is 0 Å². The van der Waals surface area contributed by atoms with E-state index < -0.39 is 5.54 Å². The molecule has 0 aromatic heterocycles. The molecule has 1 amide bonds. The number of amides is 1. The lowest BCUT2D eigenvalue weighted by atomic mass is 9.92. The van der Waals surface area contributed by atoms with Gasteiger partial charge in [-0.05, 0) is 32.2 Å². The van der Waals surface area contributed by atoms with E-state index in [9.17, 15) is 9.90 Å². The average molecular weight is 228 g/mol. The molecular weight excluding hydrogens is 204 g/mol. The van der Waals surface area contributed by atoms with Crippen molar-refractivity contribution in [2.75, 3.05) is 13.2 Å². The van der Waals surface area contributed by atoms with Crippen molar-refractivity contribution in [3.8, 4) is 0 Å². The number of carbonyl (C=O) groups is 1. The fourth-order valence-electron chi connectivity index (χ4n) is 2.11. The van der Waals surface area contributed by atoms with Crippen LogP contribution < -0.4 is 10.6 Å². The van der Waals surface area contributed by atoms with E-state index in [1.165, 1.54) is 0 Å². The molecule has 1 unspecified atom stereocenters. The highest BCUT2D eigenvalue weighted by Gasteiger charge is 2.30. The summed E-state index contributed by atoms with van der Waals surface area (Å²) >= 11 is 0. The molecule has 0 radical (unpaired) electrons.